The molecule has 8 heteroatoms. The minimum atomic E-state index is -0.515. The standard InChI is InChI=1S/C25H26ClFN3O3/c1-16-15-30(16,25(31)6-5-11-29(2)3)22-13-18-21(14-24(22)32-4)28-10-9-23(18)33-17-7-8-20(27)19(26)12-17/h5-10,12-14,16H,11,15H2,1-4H3/q+1. The van der Waals surface area contributed by atoms with Crippen molar-refractivity contribution in [2.24, 2.45) is 0 Å². The van der Waals surface area contributed by atoms with Crippen LogP contribution in [0.15, 0.2) is 54.7 Å². The van der Waals surface area contributed by atoms with Crippen molar-refractivity contribution in [3.8, 4) is 17.2 Å². The molecule has 172 valence electrons. The van der Waals surface area contributed by atoms with Gasteiger partial charge in [0.1, 0.15) is 29.9 Å². The molecule has 0 spiro atoms. The van der Waals surface area contributed by atoms with E-state index in [1.807, 2.05) is 44.1 Å². The smallest absolute Gasteiger partial charge is 0.344 e. The molecule has 0 aliphatic carbocycles. The number of carbonyl (C=O) groups is 1. The van der Waals surface area contributed by atoms with Gasteiger partial charge in [0.15, 0.2) is 11.4 Å². The number of likely N-dealkylation sites (N-methyl/N-ethyl adjacent to an activating group) is 1. The van der Waals surface area contributed by atoms with Crippen LogP contribution in [0.4, 0.5) is 10.1 Å². The minimum absolute atomic E-state index is 0.00123. The van der Waals surface area contributed by atoms with Crippen LogP contribution in [0.2, 0.25) is 5.02 Å². The number of halogens is 2. The van der Waals surface area contributed by atoms with E-state index in [4.69, 9.17) is 21.1 Å². The molecule has 2 aromatic carbocycles. The van der Waals surface area contributed by atoms with Gasteiger partial charge in [0.25, 0.3) is 0 Å². The molecule has 2 unspecified atom stereocenters. The predicted octanol–water partition coefficient (Wildman–Crippen LogP) is 5.18. The summed E-state index contributed by atoms with van der Waals surface area (Å²) in [6, 6.07) is 9.76. The number of amides is 1. The lowest BCUT2D eigenvalue weighted by Crippen LogP contribution is -2.35. The fourth-order valence-electron chi connectivity index (χ4n) is 4.00. The first-order valence-electron chi connectivity index (χ1n) is 10.6. The Labute approximate surface area is 197 Å². The Bertz CT molecular complexity index is 1250. The number of hydrogen-bond acceptors (Lipinski definition) is 5. The number of hydrogen-bond donors (Lipinski definition) is 0. The maximum atomic E-state index is 13.6. The van der Waals surface area contributed by atoms with E-state index in [2.05, 4.69) is 4.98 Å². The number of fused-ring (bicyclic) bond motifs is 1. The lowest BCUT2D eigenvalue weighted by atomic mass is 10.1. The number of rotatable bonds is 7. The van der Waals surface area contributed by atoms with E-state index >= 15 is 0 Å². The fraction of sp³-hybridized carbons (Fsp3) is 0.280. The average molecular weight is 471 g/mol. The van der Waals surface area contributed by atoms with E-state index in [1.165, 1.54) is 18.2 Å². The quantitative estimate of drug-likeness (QED) is 0.270. The van der Waals surface area contributed by atoms with Crippen LogP contribution < -0.4 is 14.0 Å². The van der Waals surface area contributed by atoms with E-state index < -0.39 is 5.82 Å². The monoisotopic (exact) mass is 470 g/mol. The molecular formula is C25H26ClFN3O3+. The second kappa shape index (κ2) is 9.09. The van der Waals surface area contributed by atoms with Crippen LogP contribution in [0.1, 0.15) is 6.92 Å². The van der Waals surface area contributed by atoms with Crippen molar-refractivity contribution in [1.29, 1.82) is 0 Å². The zero-order valence-corrected chi connectivity index (χ0v) is 19.8. The van der Waals surface area contributed by atoms with Gasteiger partial charge < -0.3 is 14.4 Å². The molecule has 3 aromatic rings. The number of benzene rings is 2. The van der Waals surface area contributed by atoms with Crippen LogP contribution in [-0.2, 0) is 4.79 Å². The molecular weight excluding hydrogens is 445 g/mol. The largest absolute Gasteiger partial charge is 0.491 e. The molecule has 1 aliphatic rings. The number of aromatic nitrogens is 1. The summed E-state index contributed by atoms with van der Waals surface area (Å²) in [5.74, 6) is 1.00. The lowest BCUT2D eigenvalue weighted by molar-refractivity contribution is -0.120. The van der Waals surface area contributed by atoms with Gasteiger partial charge in [-0.25, -0.2) is 13.7 Å². The van der Waals surface area contributed by atoms with Crippen molar-refractivity contribution in [2.45, 2.75) is 13.0 Å². The number of nitrogens with zero attached hydrogens (tertiary/aromatic N) is 3. The van der Waals surface area contributed by atoms with Crippen molar-refractivity contribution in [3.05, 3.63) is 65.6 Å². The first kappa shape index (κ1) is 23.2. The Morgan fingerprint density at radius 2 is 2.03 bits per heavy atom. The summed E-state index contributed by atoms with van der Waals surface area (Å²) in [7, 11) is 5.49. The Hall–Kier alpha value is -3.00. The molecule has 1 saturated heterocycles. The summed E-state index contributed by atoms with van der Waals surface area (Å²) < 4.78 is 25.4. The number of methoxy groups -OCH3 is 1. The van der Waals surface area contributed by atoms with Crippen LogP contribution in [0.5, 0.6) is 17.2 Å². The maximum absolute atomic E-state index is 13.6. The predicted molar refractivity (Wildman–Crippen MR) is 129 cm³/mol. The summed E-state index contributed by atoms with van der Waals surface area (Å²) in [6.07, 6.45) is 5.14. The number of ether oxygens (including phenoxy) is 2. The molecule has 6 nitrogen and oxygen atoms in total. The number of carbonyl (C=O) groups excluding carboxylic acids is 1. The second-order valence-electron chi connectivity index (χ2n) is 8.43. The molecule has 0 N–H and O–H groups in total. The average Bonchev–Trinajstić information content (AvgIpc) is 3.47. The molecule has 4 rings (SSSR count). The Kier molecular flexibility index (Phi) is 6.38. The number of pyridine rings is 1. The maximum Gasteiger partial charge on any atom is 0.344 e. The zero-order valence-electron chi connectivity index (χ0n) is 19.0. The van der Waals surface area contributed by atoms with Crippen molar-refractivity contribution in [1.82, 2.24) is 14.4 Å². The summed E-state index contributed by atoms with van der Waals surface area (Å²) in [5, 5.41) is 0.696. The Morgan fingerprint density at radius 3 is 2.67 bits per heavy atom. The summed E-state index contributed by atoms with van der Waals surface area (Å²) in [6.45, 7) is 3.40. The summed E-state index contributed by atoms with van der Waals surface area (Å²) in [4.78, 5) is 19.7. The van der Waals surface area contributed by atoms with Crippen LogP contribution in [0, 0.1) is 5.82 Å². The Morgan fingerprint density at radius 1 is 1.27 bits per heavy atom. The van der Waals surface area contributed by atoms with Crippen molar-refractivity contribution in [3.63, 3.8) is 0 Å². The van der Waals surface area contributed by atoms with Gasteiger partial charge in [-0.05, 0) is 39.2 Å². The van der Waals surface area contributed by atoms with Gasteiger partial charge in [0.05, 0.1) is 17.6 Å². The van der Waals surface area contributed by atoms with Crippen LogP contribution in [0.3, 0.4) is 0 Å². The molecule has 1 aromatic heterocycles. The van der Waals surface area contributed by atoms with E-state index in [-0.39, 0.29) is 21.5 Å². The highest BCUT2D eigenvalue weighted by Gasteiger charge is 2.60. The van der Waals surface area contributed by atoms with E-state index in [9.17, 15) is 9.18 Å². The van der Waals surface area contributed by atoms with Crippen LogP contribution >= 0.6 is 11.6 Å². The molecule has 1 amide bonds. The van der Waals surface area contributed by atoms with Gasteiger partial charge in [0, 0.05) is 42.4 Å². The van der Waals surface area contributed by atoms with Crippen molar-refractivity contribution >= 4 is 34.1 Å². The topological polar surface area (TPSA) is 51.7 Å². The van der Waals surface area contributed by atoms with E-state index in [0.29, 0.717) is 35.9 Å². The van der Waals surface area contributed by atoms with E-state index in [1.54, 1.807) is 25.4 Å². The van der Waals surface area contributed by atoms with Gasteiger partial charge >= 0.3 is 5.91 Å². The van der Waals surface area contributed by atoms with Gasteiger partial charge in [-0.1, -0.05) is 17.7 Å². The van der Waals surface area contributed by atoms with Crippen LogP contribution in [0.25, 0.3) is 10.9 Å². The molecule has 0 bridgehead atoms. The third-order valence-electron chi connectivity index (χ3n) is 5.85. The van der Waals surface area contributed by atoms with Gasteiger partial charge in [-0.3, -0.25) is 4.98 Å². The highest BCUT2D eigenvalue weighted by Crippen LogP contribution is 2.47. The minimum Gasteiger partial charge on any atom is -0.491 e. The van der Waals surface area contributed by atoms with Gasteiger partial charge in [-0.2, -0.15) is 0 Å². The zero-order chi connectivity index (χ0) is 23.8. The van der Waals surface area contributed by atoms with Gasteiger partial charge in [0.2, 0.25) is 0 Å². The van der Waals surface area contributed by atoms with Crippen LogP contribution in [-0.4, -0.2) is 56.1 Å². The fourth-order valence-corrected chi connectivity index (χ4v) is 4.17. The molecule has 33 heavy (non-hydrogen) atoms. The SMILES string of the molecule is COc1cc2nccc(Oc3ccc(F)c(Cl)c3)c2cc1[N+]1(C(=O)C=CCN(C)C)CC1C. The third-order valence-corrected chi connectivity index (χ3v) is 6.14. The first-order valence-corrected chi connectivity index (χ1v) is 11.0. The van der Waals surface area contributed by atoms with Crippen molar-refractivity contribution < 1.29 is 18.7 Å². The first-order chi connectivity index (χ1) is 15.8. The van der Waals surface area contributed by atoms with Gasteiger partial charge in [-0.15, -0.1) is 0 Å². The third kappa shape index (κ3) is 4.44. The van der Waals surface area contributed by atoms with Crippen molar-refractivity contribution in [2.75, 3.05) is 34.3 Å². The Balaban J connectivity index is 1.78. The summed E-state index contributed by atoms with van der Waals surface area (Å²) >= 11 is 5.91. The molecule has 1 fully saturated rings. The molecule has 0 saturated carbocycles. The molecule has 2 heterocycles. The highest BCUT2D eigenvalue weighted by molar-refractivity contribution is 6.30. The highest BCUT2D eigenvalue weighted by atomic mass is 35.5. The summed E-state index contributed by atoms with van der Waals surface area (Å²) in [5.41, 5.74) is 1.41. The lowest BCUT2D eigenvalue weighted by Gasteiger charge is -2.19. The van der Waals surface area contributed by atoms with E-state index in [0.717, 1.165) is 11.1 Å². The number of quaternary nitrogens is 1. The molecule has 1 aliphatic heterocycles. The molecule has 0 radical (unpaired) electrons. The normalized spacial score (nSPS) is 19.9. The second-order valence-corrected chi connectivity index (χ2v) is 8.84. The molecule has 2 atom stereocenters.